The minimum Gasteiger partial charge on any atom is -0.481 e. The smallest absolute Gasteiger partial charge is 0.300 e. The second-order valence-electron chi connectivity index (χ2n) is 3.73. The summed E-state index contributed by atoms with van der Waals surface area (Å²) in [7, 11) is 0. The Labute approximate surface area is 87.1 Å². The van der Waals surface area contributed by atoms with Crippen molar-refractivity contribution in [3.05, 3.63) is 0 Å². The summed E-state index contributed by atoms with van der Waals surface area (Å²) in [5.74, 6) is -0.833. The molecule has 14 heavy (non-hydrogen) atoms. The molecule has 1 saturated carbocycles. The van der Waals surface area contributed by atoms with Gasteiger partial charge in [0.15, 0.2) is 0 Å². The minimum absolute atomic E-state index is 0.167. The second kappa shape index (κ2) is 12.4. The third kappa shape index (κ3) is 42.2. The van der Waals surface area contributed by atoms with Crippen molar-refractivity contribution in [1.82, 2.24) is 0 Å². The number of hydrogen-bond acceptors (Lipinski definition) is 2. The first-order valence-electron chi connectivity index (χ1n) is 5.34. The standard InChI is InChI=1S/C6H12.C3H8O.C2H4O2/c1-2-4-6-5-3-1;1-3(2)4;1-2(3)4/h1-6H2;3-4H,1-2H3;1H3,(H,3,4). The van der Waals surface area contributed by atoms with Crippen LogP contribution < -0.4 is 0 Å². The average Bonchev–Trinajstić information content (AvgIpc) is 2.05. The van der Waals surface area contributed by atoms with Crippen LogP contribution in [-0.2, 0) is 4.79 Å². The van der Waals surface area contributed by atoms with Gasteiger partial charge in [0, 0.05) is 13.0 Å². The molecule has 0 saturated heterocycles. The van der Waals surface area contributed by atoms with Gasteiger partial charge < -0.3 is 10.2 Å². The molecule has 0 bridgehead atoms. The quantitative estimate of drug-likeness (QED) is 0.638. The molecule has 0 aromatic carbocycles. The SMILES string of the molecule is C1CCCCC1.CC(=O)O.CC(C)O. The lowest BCUT2D eigenvalue weighted by Crippen LogP contribution is -1.85. The average molecular weight is 204 g/mol. The molecule has 0 spiro atoms. The molecule has 2 N–H and O–H groups in total. The van der Waals surface area contributed by atoms with Crippen LogP contribution in [0.2, 0.25) is 0 Å². The van der Waals surface area contributed by atoms with Crippen molar-refractivity contribution >= 4 is 5.97 Å². The van der Waals surface area contributed by atoms with Gasteiger partial charge in [-0.3, -0.25) is 4.79 Å². The second-order valence-corrected chi connectivity index (χ2v) is 3.73. The van der Waals surface area contributed by atoms with Gasteiger partial charge in [-0.2, -0.15) is 0 Å². The van der Waals surface area contributed by atoms with Gasteiger partial charge in [-0.05, 0) is 13.8 Å². The fraction of sp³-hybridized carbons (Fsp3) is 0.909. The normalized spacial score (nSPS) is 14.6. The first-order chi connectivity index (χ1) is 6.46. The molecule has 0 amide bonds. The summed E-state index contributed by atoms with van der Waals surface area (Å²) in [5.41, 5.74) is 0. The Bertz CT molecular complexity index is 99.4. The Balaban J connectivity index is 0. The van der Waals surface area contributed by atoms with Gasteiger partial charge in [0.25, 0.3) is 5.97 Å². The number of carboxylic acid groups (broad SMARTS) is 1. The fourth-order valence-corrected chi connectivity index (χ4v) is 1.06. The summed E-state index contributed by atoms with van der Waals surface area (Å²) >= 11 is 0. The van der Waals surface area contributed by atoms with Crippen LogP contribution in [0.1, 0.15) is 59.3 Å². The zero-order chi connectivity index (χ0) is 11.4. The van der Waals surface area contributed by atoms with E-state index >= 15 is 0 Å². The van der Waals surface area contributed by atoms with Crippen molar-refractivity contribution in [2.75, 3.05) is 0 Å². The van der Waals surface area contributed by atoms with Crippen LogP contribution in [0.3, 0.4) is 0 Å². The van der Waals surface area contributed by atoms with E-state index in [-0.39, 0.29) is 6.10 Å². The number of rotatable bonds is 0. The van der Waals surface area contributed by atoms with Crippen LogP contribution in [0.25, 0.3) is 0 Å². The van der Waals surface area contributed by atoms with Crippen molar-refractivity contribution in [2.24, 2.45) is 0 Å². The van der Waals surface area contributed by atoms with Crippen LogP contribution >= 0.6 is 0 Å². The lowest BCUT2D eigenvalue weighted by atomic mass is 10.0. The lowest BCUT2D eigenvalue weighted by Gasteiger charge is -2.05. The van der Waals surface area contributed by atoms with Crippen molar-refractivity contribution in [3.8, 4) is 0 Å². The predicted octanol–water partition coefficient (Wildman–Crippen LogP) is 2.82. The topological polar surface area (TPSA) is 57.5 Å². The zero-order valence-corrected chi connectivity index (χ0v) is 9.62. The summed E-state index contributed by atoms with van der Waals surface area (Å²) in [6, 6.07) is 0. The largest absolute Gasteiger partial charge is 0.481 e. The number of aliphatic carboxylic acids is 1. The first-order valence-corrected chi connectivity index (χ1v) is 5.34. The van der Waals surface area contributed by atoms with Gasteiger partial charge >= 0.3 is 0 Å². The molecule has 0 atom stereocenters. The number of hydrogen-bond donors (Lipinski definition) is 2. The predicted molar refractivity (Wildman–Crippen MR) is 58.4 cm³/mol. The Morgan fingerprint density at radius 1 is 1.00 bits per heavy atom. The van der Waals surface area contributed by atoms with Crippen molar-refractivity contribution in [1.29, 1.82) is 0 Å². The molecular formula is C11H24O3. The molecule has 86 valence electrons. The molecule has 0 unspecified atom stereocenters. The van der Waals surface area contributed by atoms with E-state index in [1.165, 1.54) is 38.5 Å². The van der Waals surface area contributed by atoms with Gasteiger partial charge in [-0.25, -0.2) is 0 Å². The number of aliphatic hydroxyl groups excluding tert-OH is 1. The Kier molecular flexibility index (Phi) is 14.1. The molecule has 0 aromatic rings. The van der Waals surface area contributed by atoms with Crippen LogP contribution in [0.4, 0.5) is 0 Å². The molecular weight excluding hydrogens is 180 g/mol. The first kappa shape index (κ1) is 15.9. The van der Waals surface area contributed by atoms with E-state index in [1.54, 1.807) is 13.8 Å². The molecule has 1 fully saturated rings. The third-order valence-electron chi connectivity index (χ3n) is 1.50. The highest BCUT2D eigenvalue weighted by atomic mass is 16.4. The van der Waals surface area contributed by atoms with Gasteiger partial charge in [0.2, 0.25) is 0 Å². The summed E-state index contributed by atoms with van der Waals surface area (Å²) in [5, 5.41) is 15.5. The maximum Gasteiger partial charge on any atom is 0.300 e. The van der Waals surface area contributed by atoms with Crippen LogP contribution in [-0.4, -0.2) is 22.3 Å². The van der Waals surface area contributed by atoms with Gasteiger partial charge in [0.1, 0.15) is 0 Å². The van der Waals surface area contributed by atoms with Gasteiger partial charge in [-0.15, -0.1) is 0 Å². The minimum atomic E-state index is -0.833. The lowest BCUT2D eigenvalue weighted by molar-refractivity contribution is -0.134. The van der Waals surface area contributed by atoms with E-state index in [2.05, 4.69) is 0 Å². The van der Waals surface area contributed by atoms with Crippen LogP contribution in [0, 0.1) is 0 Å². The Morgan fingerprint density at radius 2 is 1.07 bits per heavy atom. The molecule has 1 aliphatic carbocycles. The number of aliphatic hydroxyl groups is 1. The van der Waals surface area contributed by atoms with Gasteiger partial charge in [-0.1, -0.05) is 38.5 Å². The Morgan fingerprint density at radius 3 is 1.14 bits per heavy atom. The van der Waals surface area contributed by atoms with Crippen molar-refractivity contribution in [3.63, 3.8) is 0 Å². The van der Waals surface area contributed by atoms with Gasteiger partial charge in [0.05, 0.1) is 0 Å². The molecule has 0 aliphatic heterocycles. The zero-order valence-electron chi connectivity index (χ0n) is 9.62. The highest BCUT2D eigenvalue weighted by Crippen LogP contribution is 2.15. The molecule has 0 heterocycles. The number of carbonyl (C=O) groups is 1. The van der Waals surface area contributed by atoms with Crippen LogP contribution in [0.15, 0.2) is 0 Å². The third-order valence-corrected chi connectivity index (χ3v) is 1.50. The fourth-order valence-electron chi connectivity index (χ4n) is 1.06. The summed E-state index contributed by atoms with van der Waals surface area (Å²) in [6.45, 7) is 4.53. The summed E-state index contributed by atoms with van der Waals surface area (Å²) in [4.78, 5) is 9.00. The van der Waals surface area contributed by atoms with E-state index in [0.717, 1.165) is 6.92 Å². The van der Waals surface area contributed by atoms with E-state index in [1.807, 2.05) is 0 Å². The maximum atomic E-state index is 9.00. The Hall–Kier alpha value is -0.570. The molecule has 1 aliphatic rings. The number of carboxylic acids is 1. The highest BCUT2D eigenvalue weighted by molar-refractivity contribution is 5.62. The molecule has 0 aromatic heterocycles. The molecule has 0 radical (unpaired) electrons. The van der Waals surface area contributed by atoms with Crippen LogP contribution in [0.5, 0.6) is 0 Å². The maximum absolute atomic E-state index is 9.00. The van der Waals surface area contributed by atoms with E-state index < -0.39 is 5.97 Å². The highest BCUT2D eigenvalue weighted by Gasteiger charge is 1.95. The molecule has 3 nitrogen and oxygen atoms in total. The monoisotopic (exact) mass is 204 g/mol. The summed E-state index contributed by atoms with van der Waals surface area (Å²) in [6.07, 6.45) is 8.83. The van der Waals surface area contributed by atoms with E-state index in [9.17, 15) is 0 Å². The van der Waals surface area contributed by atoms with Crippen molar-refractivity contribution < 1.29 is 15.0 Å². The summed E-state index contributed by atoms with van der Waals surface area (Å²) < 4.78 is 0. The molecule has 1 rings (SSSR count). The molecule has 3 heteroatoms. The van der Waals surface area contributed by atoms with E-state index in [0.29, 0.717) is 0 Å². The van der Waals surface area contributed by atoms with Crippen molar-refractivity contribution in [2.45, 2.75) is 65.4 Å². The van der Waals surface area contributed by atoms with E-state index in [4.69, 9.17) is 15.0 Å².